The molecule has 1 aliphatic rings. The maximum absolute atomic E-state index is 9.89. The van der Waals surface area contributed by atoms with E-state index in [-0.39, 0.29) is 5.75 Å². The van der Waals surface area contributed by atoms with E-state index in [1.165, 1.54) is 0 Å². The second-order valence-electron chi connectivity index (χ2n) is 4.21. The number of nitrogens with zero attached hydrogens (tertiary/aromatic N) is 2. The smallest absolute Gasteiger partial charge is 0.149 e. The van der Waals surface area contributed by atoms with Crippen LogP contribution >= 0.6 is 0 Å². The number of hydrogen-bond donors (Lipinski definition) is 2. The number of para-hydroxylation sites is 1. The molecule has 0 amide bonds. The van der Waals surface area contributed by atoms with Crippen LogP contribution in [0.15, 0.2) is 24.3 Å². The molecule has 0 saturated heterocycles. The Hall–Kier alpha value is -2.14. The summed E-state index contributed by atoms with van der Waals surface area (Å²) in [5.74, 6) is 0.636. The fourth-order valence-electron chi connectivity index (χ4n) is 2.20. The molecule has 92 valence electrons. The summed E-state index contributed by atoms with van der Waals surface area (Å²) < 4.78 is 5.45. The number of nitrogen functional groups attached to an aromatic ring is 1. The van der Waals surface area contributed by atoms with Gasteiger partial charge in [0.2, 0.25) is 0 Å². The summed E-state index contributed by atoms with van der Waals surface area (Å²) in [5, 5.41) is 18.0. The minimum Gasteiger partial charge on any atom is -0.507 e. The Morgan fingerprint density at radius 1 is 1.17 bits per heavy atom. The molecule has 1 aromatic carbocycles. The third kappa shape index (κ3) is 1.69. The summed E-state index contributed by atoms with van der Waals surface area (Å²) in [5.41, 5.74) is 9.05. The number of phenols is 1. The van der Waals surface area contributed by atoms with Crippen molar-refractivity contribution < 1.29 is 9.84 Å². The van der Waals surface area contributed by atoms with Gasteiger partial charge >= 0.3 is 0 Å². The van der Waals surface area contributed by atoms with Gasteiger partial charge in [0, 0.05) is 16.7 Å². The molecule has 3 N–H and O–H groups in total. The van der Waals surface area contributed by atoms with Crippen LogP contribution in [0.25, 0.3) is 11.3 Å². The number of hydrogen-bond acceptors (Lipinski definition) is 5. The van der Waals surface area contributed by atoms with Gasteiger partial charge in [0.1, 0.15) is 17.3 Å². The minimum atomic E-state index is 0.185. The summed E-state index contributed by atoms with van der Waals surface area (Å²) in [4.78, 5) is 0. The zero-order chi connectivity index (χ0) is 12.5. The van der Waals surface area contributed by atoms with E-state index >= 15 is 0 Å². The molecule has 3 rings (SSSR count). The number of fused-ring (bicyclic) bond motifs is 1. The van der Waals surface area contributed by atoms with Gasteiger partial charge in [-0.2, -0.15) is 0 Å². The van der Waals surface area contributed by atoms with Gasteiger partial charge in [0.15, 0.2) is 0 Å². The molecule has 5 nitrogen and oxygen atoms in total. The Kier molecular flexibility index (Phi) is 2.60. The molecule has 0 fully saturated rings. The third-order valence-corrected chi connectivity index (χ3v) is 3.12. The van der Waals surface area contributed by atoms with Gasteiger partial charge in [0.25, 0.3) is 0 Å². The first-order valence-corrected chi connectivity index (χ1v) is 5.77. The van der Waals surface area contributed by atoms with Gasteiger partial charge in [0.05, 0.1) is 13.2 Å². The van der Waals surface area contributed by atoms with E-state index in [4.69, 9.17) is 10.5 Å². The van der Waals surface area contributed by atoms with E-state index in [9.17, 15) is 5.11 Å². The average Bonchev–Trinajstić information content (AvgIpc) is 2.41. The van der Waals surface area contributed by atoms with Crippen LogP contribution in [0, 0.1) is 0 Å². The van der Waals surface area contributed by atoms with Crippen LogP contribution in [-0.4, -0.2) is 21.9 Å². The monoisotopic (exact) mass is 243 g/mol. The van der Waals surface area contributed by atoms with Crippen LogP contribution in [0.1, 0.15) is 11.1 Å². The molecule has 1 aromatic heterocycles. The van der Waals surface area contributed by atoms with Crippen molar-refractivity contribution in [2.45, 2.75) is 13.0 Å². The number of aromatic nitrogens is 2. The van der Waals surface area contributed by atoms with E-state index in [0.29, 0.717) is 30.3 Å². The molecule has 0 radical (unpaired) electrons. The van der Waals surface area contributed by atoms with Crippen molar-refractivity contribution in [1.82, 2.24) is 10.2 Å². The molecule has 0 atom stereocenters. The van der Waals surface area contributed by atoms with Gasteiger partial charge in [-0.15, -0.1) is 10.2 Å². The van der Waals surface area contributed by atoms with Gasteiger partial charge in [-0.05, 0) is 18.6 Å². The summed E-state index contributed by atoms with van der Waals surface area (Å²) in [7, 11) is 0. The first kappa shape index (κ1) is 11.0. The van der Waals surface area contributed by atoms with Crippen LogP contribution in [0.2, 0.25) is 0 Å². The van der Waals surface area contributed by atoms with Gasteiger partial charge < -0.3 is 15.6 Å². The second-order valence-corrected chi connectivity index (χ2v) is 4.21. The number of nitrogens with two attached hydrogens (primary N) is 1. The minimum absolute atomic E-state index is 0.185. The van der Waals surface area contributed by atoms with Crippen molar-refractivity contribution in [2.24, 2.45) is 0 Å². The summed E-state index contributed by atoms with van der Waals surface area (Å²) in [6.07, 6.45) is 0.733. The lowest BCUT2D eigenvalue weighted by molar-refractivity contribution is 0.111. The lowest BCUT2D eigenvalue weighted by atomic mass is 9.98. The number of ether oxygens (including phenoxy) is 1. The fourth-order valence-corrected chi connectivity index (χ4v) is 2.20. The largest absolute Gasteiger partial charge is 0.507 e. The molecule has 0 spiro atoms. The lowest BCUT2D eigenvalue weighted by Crippen LogP contribution is -2.16. The lowest BCUT2D eigenvalue weighted by Gasteiger charge is -2.20. The van der Waals surface area contributed by atoms with Crippen molar-refractivity contribution in [3.8, 4) is 17.0 Å². The summed E-state index contributed by atoms with van der Waals surface area (Å²) in [6, 6.07) is 7.06. The molecule has 18 heavy (non-hydrogen) atoms. The topological polar surface area (TPSA) is 81.3 Å². The molecule has 0 aliphatic carbocycles. The molecular formula is C13H13N3O2. The Bertz CT molecular complexity index is 599. The Balaban J connectivity index is 2.22. The zero-order valence-electron chi connectivity index (χ0n) is 9.76. The highest BCUT2D eigenvalue weighted by Gasteiger charge is 2.20. The van der Waals surface area contributed by atoms with Gasteiger partial charge in [-0.3, -0.25) is 0 Å². The molecule has 1 aliphatic heterocycles. The average molecular weight is 243 g/mol. The quantitative estimate of drug-likeness (QED) is 0.793. The van der Waals surface area contributed by atoms with Crippen molar-refractivity contribution >= 4 is 5.82 Å². The molecule has 2 heterocycles. The molecule has 0 unspecified atom stereocenters. The van der Waals surface area contributed by atoms with Crippen LogP contribution in [0.3, 0.4) is 0 Å². The molecule has 5 heteroatoms. The Morgan fingerprint density at radius 2 is 2.00 bits per heavy atom. The van der Waals surface area contributed by atoms with Crippen LogP contribution in [0.4, 0.5) is 5.82 Å². The maximum Gasteiger partial charge on any atom is 0.149 e. The number of phenolic OH excluding ortho intramolecular Hbond substituents is 1. The molecule has 0 saturated carbocycles. The molecular weight excluding hydrogens is 230 g/mol. The van der Waals surface area contributed by atoms with Crippen molar-refractivity contribution in [3.05, 3.63) is 35.4 Å². The van der Waals surface area contributed by atoms with Crippen LogP contribution < -0.4 is 5.73 Å². The SMILES string of the molecule is Nc1nnc(-c2ccccc2O)c2c1CCOC2. The highest BCUT2D eigenvalue weighted by Crippen LogP contribution is 2.33. The van der Waals surface area contributed by atoms with Crippen molar-refractivity contribution in [2.75, 3.05) is 12.3 Å². The van der Waals surface area contributed by atoms with E-state index in [1.54, 1.807) is 12.1 Å². The third-order valence-electron chi connectivity index (χ3n) is 3.12. The van der Waals surface area contributed by atoms with Crippen LogP contribution in [-0.2, 0) is 17.8 Å². The van der Waals surface area contributed by atoms with Gasteiger partial charge in [-0.1, -0.05) is 12.1 Å². The first-order chi connectivity index (χ1) is 8.77. The van der Waals surface area contributed by atoms with Crippen molar-refractivity contribution in [1.29, 1.82) is 0 Å². The van der Waals surface area contributed by atoms with Crippen molar-refractivity contribution in [3.63, 3.8) is 0 Å². The predicted molar refractivity (Wildman–Crippen MR) is 66.9 cm³/mol. The normalized spacial score (nSPS) is 14.2. The number of benzene rings is 1. The Labute approximate surface area is 104 Å². The molecule has 0 bridgehead atoms. The van der Waals surface area contributed by atoms with E-state index in [0.717, 1.165) is 17.5 Å². The molecule has 2 aromatic rings. The maximum atomic E-state index is 9.89. The van der Waals surface area contributed by atoms with Gasteiger partial charge in [-0.25, -0.2) is 0 Å². The summed E-state index contributed by atoms with van der Waals surface area (Å²) in [6.45, 7) is 1.10. The highest BCUT2D eigenvalue weighted by atomic mass is 16.5. The standard InChI is InChI=1S/C13H13N3O2/c14-13-8-5-6-18-7-10(8)12(15-16-13)9-3-1-2-4-11(9)17/h1-4,17H,5-7H2,(H2,14,16). The fraction of sp³-hybridized carbons (Fsp3) is 0.231. The number of anilines is 1. The van der Waals surface area contributed by atoms with E-state index in [2.05, 4.69) is 10.2 Å². The highest BCUT2D eigenvalue weighted by molar-refractivity contribution is 5.71. The Morgan fingerprint density at radius 3 is 2.83 bits per heavy atom. The predicted octanol–water partition coefficient (Wildman–Crippen LogP) is 1.50. The van der Waals surface area contributed by atoms with Crippen LogP contribution in [0.5, 0.6) is 5.75 Å². The second kappa shape index (κ2) is 4.27. The van der Waals surface area contributed by atoms with E-state index < -0.39 is 0 Å². The summed E-state index contributed by atoms with van der Waals surface area (Å²) >= 11 is 0. The number of rotatable bonds is 1. The zero-order valence-corrected chi connectivity index (χ0v) is 9.76. The van der Waals surface area contributed by atoms with E-state index in [1.807, 2.05) is 12.1 Å². The number of aromatic hydroxyl groups is 1. The first-order valence-electron chi connectivity index (χ1n) is 5.77.